The van der Waals surface area contributed by atoms with Crippen molar-refractivity contribution >= 4 is 5.69 Å². The summed E-state index contributed by atoms with van der Waals surface area (Å²) >= 11 is 0. The molecule has 0 aromatic heterocycles. The number of ether oxygens (including phenoxy) is 1. The zero-order valence-corrected chi connectivity index (χ0v) is 11.4. The highest BCUT2D eigenvalue weighted by molar-refractivity contribution is 5.52. The molecule has 3 heteroatoms. The first kappa shape index (κ1) is 13.4. The second kappa shape index (κ2) is 6.76. The number of morpholine rings is 1. The second-order valence-electron chi connectivity index (χ2n) is 5.18. The van der Waals surface area contributed by atoms with Crippen LogP contribution in [0.2, 0.25) is 0 Å². The average Bonchev–Trinajstić information content (AvgIpc) is 2.40. The molecule has 2 N–H and O–H groups in total. The summed E-state index contributed by atoms with van der Waals surface area (Å²) in [6.07, 6.45) is 1.10. The summed E-state index contributed by atoms with van der Waals surface area (Å²) < 4.78 is 5.46. The highest BCUT2D eigenvalue weighted by Crippen LogP contribution is 2.23. The molecule has 1 aromatic rings. The van der Waals surface area contributed by atoms with Gasteiger partial charge in [-0.25, -0.2) is 0 Å². The lowest BCUT2D eigenvalue weighted by atomic mass is 10.0. The fourth-order valence-corrected chi connectivity index (χ4v) is 2.35. The molecular weight excluding hydrogens is 224 g/mol. The van der Waals surface area contributed by atoms with Gasteiger partial charge >= 0.3 is 0 Å². The van der Waals surface area contributed by atoms with Gasteiger partial charge in [-0.05, 0) is 24.0 Å². The lowest BCUT2D eigenvalue weighted by Crippen LogP contribution is -2.42. The van der Waals surface area contributed by atoms with Gasteiger partial charge in [0.05, 0.1) is 13.2 Å². The first-order valence-corrected chi connectivity index (χ1v) is 6.91. The zero-order valence-electron chi connectivity index (χ0n) is 11.4. The van der Waals surface area contributed by atoms with E-state index >= 15 is 0 Å². The van der Waals surface area contributed by atoms with Crippen molar-refractivity contribution < 1.29 is 4.74 Å². The van der Waals surface area contributed by atoms with Crippen LogP contribution in [0.25, 0.3) is 0 Å². The maximum absolute atomic E-state index is 5.46. The van der Waals surface area contributed by atoms with Gasteiger partial charge in [-0.2, -0.15) is 0 Å². The lowest BCUT2D eigenvalue weighted by Gasteiger charge is -2.24. The summed E-state index contributed by atoms with van der Waals surface area (Å²) in [5, 5.41) is 7.02. The standard InChI is InChI=1S/C15H24N2O/c1-12(2)14-5-3-4-6-15(14)17-8-7-13-11-18-10-9-16-13/h3-6,12-13,16-17H,7-11H2,1-2H3. The molecule has 1 heterocycles. The molecule has 18 heavy (non-hydrogen) atoms. The SMILES string of the molecule is CC(C)c1ccccc1NCCC1COCCN1. The predicted octanol–water partition coefficient (Wildman–Crippen LogP) is 2.60. The molecule has 0 amide bonds. The molecule has 1 unspecified atom stereocenters. The molecule has 1 aliphatic rings. The maximum Gasteiger partial charge on any atom is 0.0620 e. The average molecular weight is 248 g/mol. The van der Waals surface area contributed by atoms with Gasteiger partial charge in [0.15, 0.2) is 0 Å². The van der Waals surface area contributed by atoms with Crippen LogP contribution < -0.4 is 10.6 Å². The summed E-state index contributed by atoms with van der Waals surface area (Å²) in [5.41, 5.74) is 2.66. The first-order valence-electron chi connectivity index (χ1n) is 6.91. The van der Waals surface area contributed by atoms with Crippen LogP contribution in [0.1, 0.15) is 31.7 Å². The molecule has 0 spiro atoms. The van der Waals surface area contributed by atoms with E-state index in [9.17, 15) is 0 Å². The molecule has 2 rings (SSSR count). The minimum atomic E-state index is 0.498. The van der Waals surface area contributed by atoms with Crippen LogP contribution in [0, 0.1) is 0 Å². The summed E-state index contributed by atoms with van der Waals surface area (Å²) in [6.45, 7) is 8.12. The fraction of sp³-hybridized carbons (Fsp3) is 0.600. The van der Waals surface area contributed by atoms with E-state index in [-0.39, 0.29) is 0 Å². The first-order chi connectivity index (χ1) is 8.77. The van der Waals surface area contributed by atoms with Crippen molar-refractivity contribution in [3.8, 4) is 0 Å². The monoisotopic (exact) mass is 248 g/mol. The Labute approximate surface area is 110 Å². The van der Waals surface area contributed by atoms with Crippen LogP contribution in [0.15, 0.2) is 24.3 Å². The minimum Gasteiger partial charge on any atom is -0.385 e. The highest BCUT2D eigenvalue weighted by atomic mass is 16.5. The van der Waals surface area contributed by atoms with Gasteiger partial charge < -0.3 is 15.4 Å². The molecule has 1 aliphatic heterocycles. The van der Waals surface area contributed by atoms with Gasteiger partial charge in [0.2, 0.25) is 0 Å². The summed E-state index contributed by atoms with van der Waals surface area (Å²) in [7, 11) is 0. The molecule has 0 saturated carbocycles. The van der Waals surface area contributed by atoms with Crippen molar-refractivity contribution in [1.82, 2.24) is 5.32 Å². The molecule has 1 atom stereocenters. The number of hydrogen-bond donors (Lipinski definition) is 2. The number of rotatable bonds is 5. The van der Waals surface area contributed by atoms with Gasteiger partial charge in [-0.15, -0.1) is 0 Å². The Bertz CT molecular complexity index is 359. The number of para-hydroxylation sites is 1. The molecule has 0 aliphatic carbocycles. The molecule has 0 radical (unpaired) electrons. The number of benzene rings is 1. The number of anilines is 1. The van der Waals surface area contributed by atoms with Gasteiger partial charge in [0.1, 0.15) is 0 Å². The summed E-state index contributed by atoms with van der Waals surface area (Å²) in [4.78, 5) is 0. The van der Waals surface area contributed by atoms with Gasteiger partial charge in [0, 0.05) is 24.8 Å². The Morgan fingerprint density at radius 2 is 2.22 bits per heavy atom. The third-order valence-electron chi connectivity index (χ3n) is 3.39. The van der Waals surface area contributed by atoms with Crippen molar-refractivity contribution in [1.29, 1.82) is 0 Å². The van der Waals surface area contributed by atoms with Crippen molar-refractivity contribution in [3.63, 3.8) is 0 Å². The van der Waals surface area contributed by atoms with Gasteiger partial charge in [-0.3, -0.25) is 0 Å². The minimum absolute atomic E-state index is 0.498. The van der Waals surface area contributed by atoms with E-state index in [1.807, 2.05) is 0 Å². The Morgan fingerprint density at radius 1 is 1.39 bits per heavy atom. The van der Waals surface area contributed by atoms with Crippen LogP contribution in [0.3, 0.4) is 0 Å². The van der Waals surface area contributed by atoms with E-state index < -0.39 is 0 Å². The summed E-state index contributed by atoms with van der Waals surface area (Å²) in [6, 6.07) is 9.07. The topological polar surface area (TPSA) is 33.3 Å². The van der Waals surface area contributed by atoms with E-state index in [1.165, 1.54) is 11.3 Å². The van der Waals surface area contributed by atoms with E-state index in [1.54, 1.807) is 0 Å². The Balaban J connectivity index is 1.82. The van der Waals surface area contributed by atoms with E-state index in [0.29, 0.717) is 12.0 Å². The van der Waals surface area contributed by atoms with Crippen LogP contribution in [0.5, 0.6) is 0 Å². The van der Waals surface area contributed by atoms with Crippen molar-refractivity contribution in [2.45, 2.75) is 32.2 Å². The normalized spacial score (nSPS) is 20.1. The van der Waals surface area contributed by atoms with E-state index in [0.717, 1.165) is 32.7 Å². The van der Waals surface area contributed by atoms with Crippen LogP contribution in [0.4, 0.5) is 5.69 Å². The largest absolute Gasteiger partial charge is 0.385 e. The Hall–Kier alpha value is -1.06. The molecular formula is C15H24N2O. The van der Waals surface area contributed by atoms with Crippen LogP contribution in [-0.2, 0) is 4.74 Å². The zero-order chi connectivity index (χ0) is 12.8. The third-order valence-corrected chi connectivity index (χ3v) is 3.39. The van der Waals surface area contributed by atoms with Crippen molar-refractivity contribution in [3.05, 3.63) is 29.8 Å². The van der Waals surface area contributed by atoms with E-state index in [4.69, 9.17) is 4.74 Å². The Morgan fingerprint density at radius 3 is 2.94 bits per heavy atom. The smallest absolute Gasteiger partial charge is 0.0620 e. The summed E-state index contributed by atoms with van der Waals surface area (Å²) in [5.74, 6) is 0.560. The molecule has 1 saturated heterocycles. The number of hydrogen-bond acceptors (Lipinski definition) is 3. The van der Waals surface area contributed by atoms with Crippen molar-refractivity contribution in [2.75, 3.05) is 31.6 Å². The van der Waals surface area contributed by atoms with Crippen molar-refractivity contribution in [2.24, 2.45) is 0 Å². The van der Waals surface area contributed by atoms with Gasteiger partial charge in [-0.1, -0.05) is 32.0 Å². The van der Waals surface area contributed by atoms with Crippen LogP contribution in [-0.4, -0.2) is 32.3 Å². The van der Waals surface area contributed by atoms with Gasteiger partial charge in [0.25, 0.3) is 0 Å². The molecule has 0 bridgehead atoms. The lowest BCUT2D eigenvalue weighted by molar-refractivity contribution is 0.0753. The van der Waals surface area contributed by atoms with E-state index in [2.05, 4.69) is 48.7 Å². The predicted molar refractivity (Wildman–Crippen MR) is 76.2 cm³/mol. The molecule has 100 valence electrons. The third kappa shape index (κ3) is 3.72. The molecule has 3 nitrogen and oxygen atoms in total. The second-order valence-corrected chi connectivity index (χ2v) is 5.18. The molecule has 1 fully saturated rings. The Kier molecular flexibility index (Phi) is 5.02. The highest BCUT2D eigenvalue weighted by Gasteiger charge is 2.12. The number of nitrogens with one attached hydrogen (secondary N) is 2. The molecule has 1 aromatic carbocycles. The quantitative estimate of drug-likeness (QED) is 0.840. The van der Waals surface area contributed by atoms with Crippen LogP contribution >= 0.6 is 0 Å². The fourth-order valence-electron chi connectivity index (χ4n) is 2.35. The maximum atomic E-state index is 5.46.